The summed E-state index contributed by atoms with van der Waals surface area (Å²) in [4.78, 5) is 35.9. The molecular weight excluding hydrogens is 511 g/mol. The van der Waals surface area contributed by atoms with Gasteiger partial charge in [-0.05, 0) is 42.8 Å². The number of nitrogens with one attached hydrogen (secondary N) is 1. The summed E-state index contributed by atoms with van der Waals surface area (Å²) in [6.07, 6.45) is 3.24. The van der Waals surface area contributed by atoms with E-state index < -0.39 is 34.3 Å². The third-order valence-corrected chi connectivity index (χ3v) is 5.55. The van der Waals surface area contributed by atoms with E-state index in [1.54, 1.807) is 6.92 Å². The summed E-state index contributed by atoms with van der Waals surface area (Å²) in [5, 5.41) is 9.26. The van der Waals surface area contributed by atoms with E-state index in [1.807, 2.05) is 6.07 Å². The molecule has 0 saturated carbocycles. The number of hydrogen-bond donors (Lipinski definition) is 1. The van der Waals surface area contributed by atoms with Crippen LogP contribution in [-0.2, 0) is 12.5 Å². The molecular formula is C25H17ClF3N5O3. The number of nitrogens with zero attached hydrogens (tertiary/aromatic N) is 4. The smallest absolute Gasteiger partial charge is 0.297 e. The van der Waals surface area contributed by atoms with Gasteiger partial charge in [0.15, 0.2) is 5.69 Å². The summed E-state index contributed by atoms with van der Waals surface area (Å²) in [6.45, 7) is 1.97. The Hall–Kier alpha value is -4.43. The first-order valence-corrected chi connectivity index (χ1v) is 11.0. The first-order valence-electron chi connectivity index (χ1n) is 10.7. The van der Waals surface area contributed by atoms with Crippen molar-refractivity contribution in [2.75, 3.05) is 0 Å². The molecule has 0 aliphatic rings. The van der Waals surface area contributed by atoms with Crippen molar-refractivity contribution in [3.05, 3.63) is 103 Å². The van der Waals surface area contributed by atoms with Gasteiger partial charge in [0.2, 0.25) is 5.75 Å². The molecule has 12 heteroatoms. The predicted molar refractivity (Wildman–Crippen MR) is 128 cm³/mol. The average Bonchev–Trinajstić information content (AvgIpc) is 2.82. The first-order chi connectivity index (χ1) is 17.5. The lowest BCUT2D eigenvalue weighted by Crippen LogP contribution is -2.27. The highest BCUT2D eigenvalue weighted by Gasteiger charge is 2.33. The number of ether oxygens (including phenoxy) is 1. The molecule has 1 aromatic carbocycles. The second-order valence-corrected chi connectivity index (χ2v) is 8.62. The molecule has 4 rings (SSSR count). The summed E-state index contributed by atoms with van der Waals surface area (Å²) in [7, 11) is 0. The van der Waals surface area contributed by atoms with E-state index in [-0.39, 0.29) is 34.0 Å². The van der Waals surface area contributed by atoms with Gasteiger partial charge in [-0.25, -0.2) is 9.37 Å². The Balaban J connectivity index is 1.81. The fourth-order valence-electron chi connectivity index (χ4n) is 3.58. The van der Waals surface area contributed by atoms with Crippen molar-refractivity contribution in [2.45, 2.75) is 26.3 Å². The zero-order chi connectivity index (χ0) is 26.9. The zero-order valence-corrected chi connectivity index (χ0v) is 20.1. The minimum Gasteiger partial charge on any atom is -0.449 e. The van der Waals surface area contributed by atoms with Gasteiger partial charge >= 0.3 is 0 Å². The molecule has 4 aromatic rings. The molecule has 0 saturated heterocycles. The minimum absolute atomic E-state index is 0.0970. The third-order valence-electron chi connectivity index (χ3n) is 5.33. The van der Waals surface area contributed by atoms with E-state index in [4.69, 9.17) is 21.6 Å². The maximum Gasteiger partial charge on any atom is 0.297 e. The Labute approximate surface area is 212 Å². The van der Waals surface area contributed by atoms with E-state index in [0.29, 0.717) is 18.2 Å². The zero-order valence-electron chi connectivity index (χ0n) is 19.4. The van der Waals surface area contributed by atoms with Crippen molar-refractivity contribution < 1.29 is 17.9 Å². The molecule has 0 amide bonds. The molecule has 0 fully saturated rings. The molecule has 0 radical (unpaired) electrons. The predicted octanol–water partition coefficient (Wildman–Crippen LogP) is 4.92. The van der Waals surface area contributed by atoms with Crippen LogP contribution in [0.15, 0.2) is 58.6 Å². The number of aromatic amines is 1. The van der Waals surface area contributed by atoms with Crippen LogP contribution in [0, 0.1) is 24.1 Å². The molecule has 0 spiro atoms. The van der Waals surface area contributed by atoms with Crippen LogP contribution in [0.25, 0.3) is 11.1 Å². The first kappa shape index (κ1) is 25.7. The van der Waals surface area contributed by atoms with Crippen LogP contribution >= 0.6 is 11.6 Å². The number of alkyl halides is 2. The van der Waals surface area contributed by atoms with Gasteiger partial charge in [-0.1, -0.05) is 11.6 Å². The van der Waals surface area contributed by atoms with E-state index in [0.717, 1.165) is 23.2 Å². The van der Waals surface area contributed by atoms with Gasteiger partial charge < -0.3 is 9.72 Å². The highest BCUT2D eigenvalue weighted by atomic mass is 35.5. The number of hydrogen-bond acceptors (Lipinski definition) is 6. The highest BCUT2D eigenvalue weighted by Crippen LogP contribution is 2.34. The van der Waals surface area contributed by atoms with Crippen LogP contribution in [-0.4, -0.2) is 19.5 Å². The molecule has 0 atom stereocenters. The Morgan fingerprint density at radius 2 is 1.95 bits per heavy atom. The Morgan fingerprint density at radius 3 is 2.62 bits per heavy atom. The van der Waals surface area contributed by atoms with Crippen molar-refractivity contribution in [1.29, 1.82) is 5.26 Å². The van der Waals surface area contributed by atoms with E-state index in [9.17, 15) is 22.8 Å². The summed E-state index contributed by atoms with van der Waals surface area (Å²) in [6, 6.07) is 8.30. The Kier molecular flexibility index (Phi) is 6.87. The van der Waals surface area contributed by atoms with Gasteiger partial charge in [-0.2, -0.15) is 14.0 Å². The van der Waals surface area contributed by atoms with E-state index in [1.165, 1.54) is 30.5 Å². The van der Waals surface area contributed by atoms with Gasteiger partial charge in [0.25, 0.3) is 17.0 Å². The molecule has 188 valence electrons. The van der Waals surface area contributed by atoms with Gasteiger partial charge in [0.05, 0.1) is 30.7 Å². The minimum atomic E-state index is -3.53. The molecule has 0 aliphatic heterocycles. The third kappa shape index (κ3) is 5.54. The summed E-state index contributed by atoms with van der Waals surface area (Å²) < 4.78 is 48.8. The lowest BCUT2D eigenvalue weighted by molar-refractivity contribution is 0.0101. The number of aromatic nitrogens is 4. The number of pyridine rings is 2. The molecule has 0 aliphatic carbocycles. The van der Waals surface area contributed by atoms with Crippen LogP contribution in [0.4, 0.5) is 13.2 Å². The molecule has 3 aromatic heterocycles. The number of benzene rings is 1. The maximum atomic E-state index is 14.3. The average molecular weight is 528 g/mol. The second kappa shape index (κ2) is 9.91. The summed E-state index contributed by atoms with van der Waals surface area (Å²) in [5.41, 5.74) is -1.11. The molecule has 0 unspecified atom stereocenters. The van der Waals surface area contributed by atoms with Crippen LogP contribution < -0.4 is 15.9 Å². The van der Waals surface area contributed by atoms with Crippen LogP contribution in [0.1, 0.15) is 29.4 Å². The lowest BCUT2D eigenvalue weighted by atomic mass is 10.1. The van der Waals surface area contributed by atoms with E-state index >= 15 is 0 Å². The Morgan fingerprint density at radius 1 is 1.19 bits per heavy atom. The van der Waals surface area contributed by atoms with Gasteiger partial charge in [-0.15, -0.1) is 0 Å². The van der Waals surface area contributed by atoms with Crippen LogP contribution in [0.5, 0.6) is 11.5 Å². The number of halogens is 4. The molecule has 8 nitrogen and oxygen atoms in total. The fraction of sp³-hybridized carbons (Fsp3) is 0.160. The van der Waals surface area contributed by atoms with Crippen molar-refractivity contribution in [1.82, 2.24) is 19.5 Å². The fourth-order valence-corrected chi connectivity index (χ4v) is 3.80. The van der Waals surface area contributed by atoms with E-state index in [2.05, 4.69) is 15.0 Å². The SMILES string of the molecule is Cc1[nH]c(=O)c(-c2cncc(F)c2)cc1Cn1cnc(C(C)(F)F)c(Oc2cc(Cl)cc(C#N)c2)c1=O. The van der Waals surface area contributed by atoms with Gasteiger partial charge in [-0.3, -0.25) is 19.1 Å². The second-order valence-electron chi connectivity index (χ2n) is 8.19. The van der Waals surface area contributed by atoms with Crippen molar-refractivity contribution >= 4 is 11.6 Å². The monoisotopic (exact) mass is 527 g/mol. The number of aryl methyl sites for hydroxylation is 1. The van der Waals surface area contributed by atoms with Crippen LogP contribution in [0.3, 0.4) is 0 Å². The standard InChI is InChI=1S/C25H17ClF3N5O3/c1-13-16(6-20(23(35)33-13)15-5-18(27)10-31-9-15)11-34-12-32-22(25(2,28)29)21(24(34)36)37-19-4-14(8-30)3-17(26)7-19/h3-7,9-10,12H,11H2,1-2H3,(H,33,35). The number of H-pyrrole nitrogens is 1. The largest absolute Gasteiger partial charge is 0.449 e. The number of rotatable bonds is 6. The van der Waals surface area contributed by atoms with Crippen molar-refractivity contribution in [3.8, 4) is 28.7 Å². The molecule has 1 N–H and O–H groups in total. The van der Waals surface area contributed by atoms with Crippen LogP contribution in [0.2, 0.25) is 5.02 Å². The topological polar surface area (TPSA) is 114 Å². The lowest BCUT2D eigenvalue weighted by Gasteiger charge is -2.17. The van der Waals surface area contributed by atoms with Gasteiger partial charge in [0, 0.05) is 35.0 Å². The maximum absolute atomic E-state index is 14.3. The molecule has 3 heterocycles. The molecule has 37 heavy (non-hydrogen) atoms. The Bertz CT molecular complexity index is 1670. The quantitative estimate of drug-likeness (QED) is 0.381. The summed E-state index contributed by atoms with van der Waals surface area (Å²) in [5.74, 6) is -5.03. The highest BCUT2D eigenvalue weighted by molar-refractivity contribution is 6.30. The van der Waals surface area contributed by atoms with Crippen molar-refractivity contribution in [2.24, 2.45) is 0 Å². The number of nitriles is 1. The normalized spacial score (nSPS) is 11.3. The van der Waals surface area contributed by atoms with Gasteiger partial charge in [0.1, 0.15) is 11.6 Å². The molecule has 0 bridgehead atoms. The summed E-state index contributed by atoms with van der Waals surface area (Å²) >= 11 is 5.97. The van der Waals surface area contributed by atoms with Crippen molar-refractivity contribution in [3.63, 3.8) is 0 Å².